The molecule has 2 fully saturated rings. The van der Waals surface area contributed by atoms with Gasteiger partial charge in [-0.25, -0.2) is 4.98 Å². The van der Waals surface area contributed by atoms with Gasteiger partial charge in [0.05, 0.1) is 24.9 Å². The van der Waals surface area contributed by atoms with E-state index in [1.807, 2.05) is 0 Å². The number of fused-ring (bicyclic) bond motifs is 1. The molecule has 1 aromatic carbocycles. The number of hydrogen-bond donors (Lipinski definition) is 0. The first-order valence-corrected chi connectivity index (χ1v) is 11.0. The van der Waals surface area contributed by atoms with Crippen LogP contribution in [-0.2, 0) is 31.2 Å². The molecule has 5 nitrogen and oxygen atoms in total. The number of morpholine rings is 1. The molecule has 150 valence electrons. The fourth-order valence-electron chi connectivity index (χ4n) is 5.18. The van der Waals surface area contributed by atoms with Crippen molar-refractivity contribution in [1.29, 1.82) is 0 Å². The van der Waals surface area contributed by atoms with E-state index in [0.717, 1.165) is 32.8 Å². The van der Waals surface area contributed by atoms with Gasteiger partial charge in [0.15, 0.2) is 0 Å². The van der Waals surface area contributed by atoms with Crippen LogP contribution < -0.4 is 4.90 Å². The molecular weight excluding hydrogens is 348 g/mol. The number of aryl methyl sites for hydroxylation is 1. The Hall–Kier alpha value is -1.85. The Bertz CT molecular complexity index is 807. The average molecular weight is 381 g/mol. The molecule has 0 saturated carbocycles. The van der Waals surface area contributed by atoms with Crippen molar-refractivity contribution in [1.82, 2.24) is 14.5 Å². The number of aromatic nitrogens is 2. The summed E-state index contributed by atoms with van der Waals surface area (Å²) in [6, 6.07) is 9.65. The molecule has 2 aromatic rings. The zero-order chi connectivity index (χ0) is 18.9. The summed E-state index contributed by atoms with van der Waals surface area (Å²) in [7, 11) is 2.24. The number of hydrogen-bond acceptors (Lipinski definition) is 4. The number of benzene rings is 1. The van der Waals surface area contributed by atoms with Crippen LogP contribution in [0.2, 0.25) is 0 Å². The van der Waals surface area contributed by atoms with E-state index >= 15 is 0 Å². The Morgan fingerprint density at radius 2 is 1.79 bits per heavy atom. The van der Waals surface area contributed by atoms with Crippen LogP contribution in [0.25, 0.3) is 0 Å². The number of likely N-dealkylation sites (tertiary alicyclic amines) is 1. The second-order valence-corrected chi connectivity index (χ2v) is 8.52. The Morgan fingerprint density at radius 3 is 2.57 bits per heavy atom. The van der Waals surface area contributed by atoms with E-state index in [2.05, 4.69) is 45.7 Å². The standard InChI is InChI=1S/C23H32N4O/c1-25-21-6-3-2-5-20(21)24-23(25)22-7-4-12-27(22)17-18-8-10-19(11-9-18)26-13-15-28-16-14-26/h8-11,22H,2-7,12-17H2,1H3/t22-/m1/s1. The molecule has 2 saturated heterocycles. The summed E-state index contributed by atoms with van der Waals surface area (Å²) in [5, 5.41) is 0. The second kappa shape index (κ2) is 7.88. The molecule has 0 unspecified atom stereocenters. The normalized spacial score (nSPS) is 23.2. The van der Waals surface area contributed by atoms with E-state index in [9.17, 15) is 0 Å². The van der Waals surface area contributed by atoms with Gasteiger partial charge in [0.1, 0.15) is 5.82 Å². The van der Waals surface area contributed by atoms with Crippen LogP contribution in [-0.4, -0.2) is 47.3 Å². The maximum absolute atomic E-state index is 5.47. The van der Waals surface area contributed by atoms with Gasteiger partial charge in [-0.3, -0.25) is 4.90 Å². The summed E-state index contributed by atoms with van der Waals surface area (Å²) in [5.41, 5.74) is 5.58. The Morgan fingerprint density at radius 1 is 1.00 bits per heavy atom. The monoisotopic (exact) mass is 380 g/mol. The van der Waals surface area contributed by atoms with Gasteiger partial charge in [0, 0.05) is 38.1 Å². The number of anilines is 1. The first-order valence-electron chi connectivity index (χ1n) is 11.0. The quantitative estimate of drug-likeness (QED) is 0.813. The molecule has 5 rings (SSSR count). The van der Waals surface area contributed by atoms with Crippen molar-refractivity contribution in [3.63, 3.8) is 0 Å². The Labute approximate surface area is 168 Å². The van der Waals surface area contributed by atoms with Crippen LogP contribution in [0.5, 0.6) is 0 Å². The van der Waals surface area contributed by atoms with E-state index in [1.165, 1.54) is 73.5 Å². The predicted octanol–water partition coefficient (Wildman–Crippen LogP) is 3.47. The van der Waals surface area contributed by atoms with Gasteiger partial charge < -0.3 is 14.2 Å². The topological polar surface area (TPSA) is 33.5 Å². The van der Waals surface area contributed by atoms with Crippen LogP contribution >= 0.6 is 0 Å². The zero-order valence-corrected chi connectivity index (χ0v) is 17.1. The molecule has 5 heteroatoms. The molecule has 0 N–H and O–H groups in total. The highest BCUT2D eigenvalue weighted by molar-refractivity contribution is 5.48. The third kappa shape index (κ3) is 3.46. The molecule has 0 bridgehead atoms. The molecule has 0 radical (unpaired) electrons. The number of nitrogens with zero attached hydrogens (tertiary/aromatic N) is 4. The molecule has 0 amide bonds. The molecule has 2 aliphatic heterocycles. The molecule has 28 heavy (non-hydrogen) atoms. The summed E-state index contributed by atoms with van der Waals surface area (Å²) in [6.07, 6.45) is 7.49. The molecule has 1 aromatic heterocycles. The van der Waals surface area contributed by atoms with E-state index < -0.39 is 0 Å². The van der Waals surface area contributed by atoms with Gasteiger partial charge >= 0.3 is 0 Å². The number of rotatable bonds is 4. The molecular formula is C23H32N4O. The van der Waals surface area contributed by atoms with E-state index in [4.69, 9.17) is 9.72 Å². The van der Waals surface area contributed by atoms with E-state index in [1.54, 1.807) is 0 Å². The van der Waals surface area contributed by atoms with Crippen LogP contribution in [0.4, 0.5) is 5.69 Å². The molecule has 3 aliphatic rings. The molecule has 1 atom stereocenters. The first kappa shape index (κ1) is 18.2. The third-order valence-corrected chi connectivity index (χ3v) is 6.77. The van der Waals surface area contributed by atoms with Gasteiger partial charge in [-0.1, -0.05) is 12.1 Å². The SMILES string of the molecule is Cn1c([C@H]2CCCN2Cc2ccc(N3CCOCC3)cc2)nc2c1CCCC2. The lowest BCUT2D eigenvalue weighted by atomic mass is 10.0. The van der Waals surface area contributed by atoms with Gasteiger partial charge in [-0.15, -0.1) is 0 Å². The van der Waals surface area contributed by atoms with Crippen molar-refractivity contribution in [2.24, 2.45) is 7.05 Å². The van der Waals surface area contributed by atoms with E-state index in [0.29, 0.717) is 6.04 Å². The van der Waals surface area contributed by atoms with Crippen molar-refractivity contribution in [2.75, 3.05) is 37.7 Å². The van der Waals surface area contributed by atoms with Crippen molar-refractivity contribution >= 4 is 5.69 Å². The lowest BCUT2D eigenvalue weighted by Gasteiger charge is -2.29. The lowest BCUT2D eigenvalue weighted by Crippen LogP contribution is -2.36. The minimum absolute atomic E-state index is 0.467. The first-order chi connectivity index (χ1) is 13.8. The van der Waals surface area contributed by atoms with Crippen molar-refractivity contribution in [2.45, 2.75) is 51.1 Å². The summed E-state index contributed by atoms with van der Waals surface area (Å²) in [6.45, 7) is 5.86. The summed E-state index contributed by atoms with van der Waals surface area (Å²) < 4.78 is 7.89. The Kier molecular flexibility index (Phi) is 5.12. The Balaban J connectivity index is 1.30. The van der Waals surface area contributed by atoms with Crippen LogP contribution in [0.15, 0.2) is 24.3 Å². The van der Waals surface area contributed by atoms with Crippen LogP contribution in [0.3, 0.4) is 0 Å². The maximum Gasteiger partial charge on any atom is 0.126 e. The van der Waals surface area contributed by atoms with Gasteiger partial charge in [0.25, 0.3) is 0 Å². The zero-order valence-electron chi connectivity index (χ0n) is 17.1. The number of ether oxygens (including phenoxy) is 1. The molecule has 3 heterocycles. The maximum atomic E-state index is 5.47. The summed E-state index contributed by atoms with van der Waals surface area (Å²) in [5.74, 6) is 1.30. The average Bonchev–Trinajstić information content (AvgIpc) is 3.33. The minimum Gasteiger partial charge on any atom is -0.378 e. The molecule has 1 aliphatic carbocycles. The second-order valence-electron chi connectivity index (χ2n) is 8.52. The fraction of sp³-hybridized carbons (Fsp3) is 0.609. The minimum atomic E-state index is 0.467. The van der Waals surface area contributed by atoms with Crippen molar-refractivity contribution in [3.8, 4) is 0 Å². The summed E-state index contributed by atoms with van der Waals surface area (Å²) >= 11 is 0. The number of imidazole rings is 1. The highest BCUT2D eigenvalue weighted by Crippen LogP contribution is 2.35. The highest BCUT2D eigenvalue weighted by atomic mass is 16.5. The highest BCUT2D eigenvalue weighted by Gasteiger charge is 2.31. The third-order valence-electron chi connectivity index (χ3n) is 6.77. The predicted molar refractivity (Wildman–Crippen MR) is 112 cm³/mol. The summed E-state index contributed by atoms with van der Waals surface area (Å²) in [4.78, 5) is 10.2. The van der Waals surface area contributed by atoms with Gasteiger partial charge in [0.2, 0.25) is 0 Å². The van der Waals surface area contributed by atoms with E-state index in [-0.39, 0.29) is 0 Å². The molecule has 0 spiro atoms. The smallest absolute Gasteiger partial charge is 0.126 e. The van der Waals surface area contributed by atoms with Crippen molar-refractivity contribution < 1.29 is 4.74 Å². The van der Waals surface area contributed by atoms with Gasteiger partial charge in [-0.2, -0.15) is 0 Å². The lowest BCUT2D eigenvalue weighted by molar-refractivity contribution is 0.122. The van der Waals surface area contributed by atoms with Gasteiger partial charge in [-0.05, 0) is 62.8 Å². The van der Waals surface area contributed by atoms with Crippen LogP contribution in [0, 0.1) is 0 Å². The van der Waals surface area contributed by atoms with Crippen molar-refractivity contribution in [3.05, 3.63) is 47.0 Å². The largest absolute Gasteiger partial charge is 0.378 e. The van der Waals surface area contributed by atoms with Crippen LogP contribution in [0.1, 0.15) is 54.5 Å². The fourth-order valence-corrected chi connectivity index (χ4v) is 5.18.